The molecule has 2 aliphatic rings. The van der Waals surface area contributed by atoms with Crippen molar-refractivity contribution in [1.82, 2.24) is 0 Å². The zero-order valence-corrected chi connectivity index (χ0v) is 19.3. The minimum Gasteiger partial charge on any atom is -0.468 e. The van der Waals surface area contributed by atoms with Crippen molar-refractivity contribution in [2.24, 2.45) is 10.8 Å². The third-order valence-electron chi connectivity index (χ3n) is 6.58. The van der Waals surface area contributed by atoms with Gasteiger partial charge in [-0.05, 0) is 30.9 Å². The fraction of sp³-hybridized carbons (Fsp3) is 0.296. The average Bonchev–Trinajstić information content (AvgIpc) is 2.91. The second-order valence-electron chi connectivity index (χ2n) is 8.36. The lowest BCUT2D eigenvalue weighted by molar-refractivity contribution is -0.175. The molecule has 1 fully saturated rings. The highest BCUT2D eigenvalue weighted by Gasteiger charge is 2.62. The Morgan fingerprint density at radius 2 is 1.29 bits per heavy atom. The topological polar surface area (TPSA) is 88.1 Å². The van der Waals surface area contributed by atoms with E-state index in [1.165, 1.54) is 21.3 Å². The van der Waals surface area contributed by atoms with E-state index >= 15 is 0 Å². The number of hydrogen-bond donors (Lipinski definition) is 0. The summed E-state index contributed by atoms with van der Waals surface area (Å²) in [5.74, 6) is -1.15. The number of ether oxygens (including phenoxy) is 4. The predicted molar refractivity (Wildman–Crippen MR) is 124 cm³/mol. The number of methoxy groups -OCH3 is 3. The highest BCUT2D eigenvalue weighted by atomic mass is 16.5. The van der Waals surface area contributed by atoms with E-state index < -0.39 is 28.7 Å². The smallest absolute Gasteiger partial charge is 0.323 e. The molecule has 2 aromatic rings. The third kappa shape index (κ3) is 3.67. The molecule has 1 aliphatic carbocycles. The van der Waals surface area contributed by atoms with Crippen LogP contribution in [-0.4, -0.2) is 39.2 Å². The zero-order valence-electron chi connectivity index (χ0n) is 19.3. The monoisotopic (exact) mass is 462 g/mol. The van der Waals surface area contributed by atoms with Gasteiger partial charge in [-0.2, -0.15) is 0 Å². The molecule has 0 N–H and O–H groups in total. The van der Waals surface area contributed by atoms with Crippen LogP contribution in [0.1, 0.15) is 30.4 Å². The van der Waals surface area contributed by atoms with Crippen LogP contribution in [0.25, 0.3) is 11.5 Å². The van der Waals surface area contributed by atoms with Crippen LogP contribution in [-0.2, 0) is 33.3 Å². The molecule has 0 aromatic heterocycles. The number of fused-ring (bicyclic) bond motifs is 1. The van der Waals surface area contributed by atoms with Crippen LogP contribution in [0.4, 0.5) is 0 Å². The summed E-state index contributed by atoms with van der Waals surface area (Å²) in [5.41, 5.74) is -0.946. The van der Waals surface area contributed by atoms with E-state index in [9.17, 15) is 14.4 Å². The molecule has 1 saturated carbocycles. The summed E-state index contributed by atoms with van der Waals surface area (Å²) in [6, 6.07) is 18.7. The first kappa shape index (κ1) is 23.3. The van der Waals surface area contributed by atoms with Gasteiger partial charge in [0.1, 0.15) is 16.9 Å². The van der Waals surface area contributed by atoms with E-state index in [1.54, 1.807) is 6.08 Å². The highest BCUT2D eigenvalue weighted by molar-refractivity contribution is 6.03. The molecule has 0 saturated heterocycles. The van der Waals surface area contributed by atoms with E-state index in [4.69, 9.17) is 18.9 Å². The summed E-state index contributed by atoms with van der Waals surface area (Å²) in [7, 11) is 3.72. The molecule has 2 aromatic carbocycles. The van der Waals surface area contributed by atoms with Gasteiger partial charge in [-0.25, -0.2) is 0 Å². The Kier molecular flexibility index (Phi) is 6.28. The lowest BCUT2D eigenvalue weighted by Gasteiger charge is -2.45. The predicted octanol–water partition coefficient (Wildman–Crippen LogP) is 4.14. The maximum Gasteiger partial charge on any atom is 0.323 e. The Morgan fingerprint density at radius 1 is 0.765 bits per heavy atom. The number of rotatable bonds is 5. The first-order chi connectivity index (χ1) is 16.4. The SMILES string of the molecule is COC(=O)C12C=C(c3ccccc3)OC(c3ccccc3)=C1CCC(C(=O)OC)(C(=O)OC)C2. The maximum absolute atomic E-state index is 13.5. The summed E-state index contributed by atoms with van der Waals surface area (Å²) < 4.78 is 21.7. The third-order valence-corrected chi connectivity index (χ3v) is 6.58. The van der Waals surface area contributed by atoms with Crippen molar-refractivity contribution in [3.8, 4) is 0 Å². The summed E-state index contributed by atoms with van der Waals surface area (Å²) in [6.45, 7) is 0. The van der Waals surface area contributed by atoms with Gasteiger partial charge in [-0.15, -0.1) is 0 Å². The molecule has 1 atom stereocenters. The van der Waals surface area contributed by atoms with Crippen LogP contribution in [0.5, 0.6) is 0 Å². The molecule has 1 heterocycles. The lowest BCUT2D eigenvalue weighted by atomic mass is 9.58. The largest absolute Gasteiger partial charge is 0.468 e. The standard InChI is InChI=1S/C27H26O7/c1-31-23(28)26(24(29)32-2)15-14-20-22(19-12-8-5-9-13-19)34-21(18-10-6-4-7-11-18)16-27(20,17-26)25(30)33-3/h4-13,16H,14-15,17H2,1-3H3. The summed E-state index contributed by atoms with van der Waals surface area (Å²) >= 11 is 0. The van der Waals surface area contributed by atoms with Crippen molar-refractivity contribution in [3.63, 3.8) is 0 Å². The summed E-state index contributed by atoms with van der Waals surface area (Å²) in [6.07, 6.45) is 1.80. The zero-order chi connectivity index (χ0) is 24.3. The van der Waals surface area contributed by atoms with Crippen molar-refractivity contribution < 1.29 is 33.3 Å². The maximum atomic E-state index is 13.5. The Hall–Kier alpha value is -3.87. The molecule has 0 radical (unpaired) electrons. The number of benzene rings is 2. The van der Waals surface area contributed by atoms with Crippen molar-refractivity contribution in [3.05, 3.63) is 83.4 Å². The molecule has 4 rings (SSSR count). The molecular weight excluding hydrogens is 436 g/mol. The molecule has 34 heavy (non-hydrogen) atoms. The molecule has 0 bridgehead atoms. The van der Waals surface area contributed by atoms with Crippen LogP contribution in [0, 0.1) is 10.8 Å². The van der Waals surface area contributed by atoms with Crippen LogP contribution in [0.15, 0.2) is 72.3 Å². The molecule has 176 valence electrons. The second kappa shape index (κ2) is 9.17. The molecule has 1 aliphatic heterocycles. The molecule has 0 spiro atoms. The highest BCUT2D eigenvalue weighted by Crippen LogP contribution is 2.57. The van der Waals surface area contributed by atoms with E-state index in [-0.39, 0.29) is 19.3 Å². The van der Waals surface area contributed by atoms with Crippen molar-refractivity contribution >= 4 is 29.4 Å². The van der Waals surface area contributed by atoms with Crippen LogP contribution >= 0.6 is 0 Å². The van der Waals surface area contributed by atoms with E-state index in [0.29, 0.717) is 17.1 Å². The second-order valence-corrected chi connectivity index (χ2v) is 8.36. The van der Waals surface area contributed by atoms with E-state index in [1.807, 2.05) is 60.7 Å². The molecule has 0 amide bonds. The minimum atomic E-state index is -1.67. The quantitative estimate of drug-likeness (QED) is 0.375. The molecular formula is C27H26O7. The Labute approximate surface area is 198 Å². The van der Waals surface area contributed by atoms with Crippen LogP contribution in [0.3, 0.4) is 0 Å². The average molecular weight is 462 g/mol. The van der Waals surface area contributed by atoms with Gasteiger partial charge < -0.3 is 18.9 Å². The van der Waals surface area contributed by atoms with Crippen molar-refractivity contribution in [2.75, 3.05) is 21.3 Å². The van der Waals surface area contributed by atoms with Gasteiger partial charge in [0.25, 0.3) is 0 Å². The number of carbonyl (C=O) groups is 3. The van der Waals surface area contributed by atoms with Gasteiger partial charge in [0.2, 0.25) is 0 Å². The number of carbonyl (C=O) groups excluding carboxylic acids is 3. The van der Waals surface area contributed by atoms with Gasteiger partial charge in [0.15, 0.2) is 5.41 Å². The van der Waals surface area contributed by atoms with Gasteiger partial charge in [-0.1, -0.05) is 60.7 Å². The fourth-order valence-electron chi connectivity index (χ4n) is 4.94. The lowest BCUT2D eigenvalue weighted by Crippen LogP contribution is -2.52. The molecule has 7 heteroatoms. The summed E-state index contributed by atoms with van der Waals surface area (Å²) in [5, 5.41) is 0. The van der Waals surface area contributed by atoms with Crippen molar-refractivity contribution in [2.45, 2.75) is 19.3 Å². The van der Waals surface area contributed by atoms with Crippen LogP contribution < -0.4 is 0 Å². The van der Waals surface area contributed by atoms with E-state index in [0.717, 1.165) is 11.1 Å². The van der Waals surface area contributed by atoms with Crippen molar-refractivity contribution in [1.29, 1.82) is 0 Å². The Balaban J connectivity index is 2.00. The van der Waals surface area contributed by atoms with Gasteiger partial charge in [-0.3, -0.25) is 14.4 Å². The summed E-state index contributed by atoms with van der Waals surface area (Å²) in [4.78, 5) is 39.5. The molecule has 7 nitrogen and oxygen atoms in total. The van der Waals surface area contributed by atoms with Crippen LogP contribution in [0.2, 0.25) is 0 Å². The van der Waals surface area contributed by atoms with Gasteiger partial charge >= 0.3 is 17.9 Å². The number of esters is 3. The number of hydrogen-bond acceptors (Lipinski definition) is 7. The van der Waals surface area contributed by atoms with Gasteiger partial charge in [0.05, 0.1) is 21.3 Å². The Bertz CT molecular complexity index is 1150. The molecule has 1 unspecified atom stereocenters. The fourth-order valence-corrected chi connectivity index (χ4v) is 4.94. The first-order valence-electron chi connectivity index (χ1n) is 10.9. The normalized spacial score (nSPS) is 20.9. The van der Waals surface area contributed by atoms with E-state index in [2.05, 4.69) is 0 Å². The van der Waals surface area contributed by atoms with Gasteiger partial charge in [0, 0.05) is 11.1 Å². The Morgan fingerprint density at radius 3 is 1.82 bits per heavy atom. The first-order valence-corrected chi connectivity index (χ1v) is 10.9. The minimum absolute atomic E-state index is 0.106.